The quantitative estimate of drug-likeness (QED) is 0.0381. The first-order chi connectivity index (χ1) is 31.9. The number of aliphatic hydroxyl groups excluding tert-OH is 1. The molecule has 2 amide bonds. The Morgan fingerprint density at radius 3 is 2.28 bits per heavy atom. The number of ether oxygens (including phenoxy) is 7. The number of ketones is 3. The van der Waals surface area contributed by atoms with Crippen molar-refractivity contribution in [2.75, 3.05) is 20.3 Å². The predicted octanol–water partition coefficient (Wildman–Crippen LogP) is 3.69. The number of alkyl carbamates (subject to hydrolysis) is 1. The first-order valence-electron chi connectivity index (χ1n) is 21.0. The molecule has 6 rings (SSSR count). The Morgan fingerprint density at radius 2 is 1.61 bits per heavy atom. The van der Waals surface area contributed by atoms with Crippen LogP contribution < -0.4 is 20.1 Å². The van der Waals surface area contributed by atoms with E-state index in [2.05, 4.69) is 23.8 Å². The molecule has 1 saturated heterocycles. The Labute approximate surface area is 383 Å². The van der Waals surface area contributed by atoms with E-state index in [0.717, 1.165) is 6.92 Å². The molecule has 1 fully saturated rings. The number of phenolic OH excluding ortho intramolecular Hbond substituents is 2. The summed E-state index contributed by atoms with van der Waals surface area (Å²) in [4.78, 5) is 90.8. The number of esters is 2. The summed E-state index contributed by atoms with van der Waals surface area (Å²) in [5.74, 6) is -5.12. The molecule has 3 aliphatic rings. The van der Waals surface area contributed by atoms with Crippen LogP contribution in [0.1, 0.15) is 94.2 Å². The van der Waals surface area contributed by atoms with E-state index in [1.54, 1.807) is 0 Å². The van der Waals surface area contributed by atoms with Gasteiger partial charge in [0, 0.05) is 42.4 Å². The van der Waals surface area contributed by atoms with Gasteiger partial charge in [-0.15, -0.1) is 0 Å². The number of fused-ring (bicyclic) bond motifs is 3. The lowest BCUT2D eigenvalue weighted by Gasteiger charge is -2.42. The minimum atomic E-state index is -2.16. The zero-order chi connectivity index (χ0) is 48.7. The molecule has 0 unspecified atom stereocenters. The van der Waals surface area contributed by atoms with Crippen LogP contribution in [0.5, 0.6) is 23.0 Å². The van der Waals surface area contributed by atoms with Gasteiger partial charge in [0.15, 0.2) is 17.9 Å². The van der Waals surface area contributed by atoms with E-state index >= 15 is 0 Å². The summed E-state index contributed by atoms with van der Waals surface area (Å²) in [6, 6.07) is 7.77. The molecule has 67 heavy (non-hydrogen) atoms. The van der Waals surface area contributed by atoms with E-state index in [1.807, 2.05) is 0 Å². The first-order valence-corrected chi connectivity index (χ1v) is 21.0. The largest absolute Gasteiger partial charge is 0.507 e. The van der Waals surface area contributed by atoms with Gasteiger partial charge in [-0.05, 0) is 44.0 Å². The maximum Gasteiger partial charge on any atom is 0.413 e. The SMILES string of the molecule is C=CCOC(=O)CC[C@H](NC(=O)Oc1ccc(COC(=O)N[C@H]2C[C@H](O[C@H]3C[C@](O)(C(C)=O)Cc4c(O)c5c(c(O)c43)C(=O)c3c(OC)cccc3C5=O)O[C@@H](C)[C@H]2O)cc1)C(=O)OCC=C. The minimum absolute atomic E-state index is 0.0239. The van der Waals surface area contributed by atoms with Crippen molar-refractivity contribution in [1.82, 2.24) is 10.6 Å². The van der Waals surface area contributed by atoms with E-state index in [4.69, 9.17) is 33.2 Å². The van der Waals surface area contributed by atoms with Gasteiger partial charge in [-0.25, -0.2) is 14.4 Å². The van der Waals surface area contributed by atoms with Gasteiger partial charge in [-0.3, -0.25) is 19.2 Å². The van der Waals surface area contributed by atoms with Gasteiger partial charge < -0.3 is 64.2 Å². The van der Waals surface area contributed by atoms with Gasteiger partial charge in [0.05, 0.1) is 42.0 Å². The normalized spacial score (nSPS) is 22.1. The molecule has 7 atom stereocenters. The number of Topliss-reactive ketones (excluding diaryl/α,β-unsaturated/α-hetero) is 1. The van der Waals surface area contributed by atoms with E-state index in [9.17, 15) is 54.0 Å². The summed E-state index contributed by atoms with van der Waals surface area (Å²) < 4.78 is 38.1. The zero-order valence-corrected chi connectivity index (χ0v) is 36.7. The maximum atomic E-state index is 14.0. The number of hydrogen-bond donors (Lipinski definition) is 6. The van der Waals surface area contributed by atoms with Crippen molar-refractivity contribution in [3.05, 3.63) is 107 Å². The molecule has 0 aromatic heterocycles. The highest BCUT2D eigenvalue weighted by atomic mass is 16.7. The van der Waals surface area contributed by atoms with Crippen LogP contribution in [0.15, 0.2) is 67.8 Å². The Kier molecular flexibility index (Phi) is 15.5. The average molecular weight is 931 g/mol. The number of carbonyl (C=O) groups excluding carboxylic acids is 7. The molecule has 356 valence electrons. The molecule has 0 saturated carbocycles. The fourth-order valence-electron chi connectivity index (χ4n) is 8.02. The Morgan fingerprint density at radius 1 is 0.925 bits per heavy atom. The van der Waals surface area contributed by atoms with Crippen LogP contribution in [0.3, 0.4) is 0 Å². The van der Waals surface area contributed by atoms with E-state index in [-0.39, 0.29) is 72.8 Å². The number of rotatable bonds is 17. The number of carbonyl (C=O) groups is 7. The summed E-state index contributed by atoms with van der Waals surface area (Å²) in [5.41, 5.74) is -3.33. The lowest BCUT2D eigenvalue weighted by Crippen LogP contribution is -2.55. The van der Waals surface area contributed by atoms with Crippen molar-refractivity contribution in [1.29, 1.82) is 0 Å². The van der Waals surface area contributed by atoms with Crippen molar-refractivity contribution in [2.24, 2.45) is 0 Å². The van der Waals surface area contributed by atoms with Gasteiger partial charge in [0.25, 0.3) is 0 Å². The summed E-state index contributed by atoms with van der Waals surface area (Å²) in [5, 5.41) is 50.9. The fraction of sp³-hybridized carbons (Fsp3) is 0.383. The Bertz CT molecular complexity index is 2470. The molecular formula is C47H50N2O18. The van der Waals surface area contributed by atoms with Crippen molar-refractivity contribution >= 4 is 41.5 Å². The second-order valence-electron chi connectivity index (χ2n) is 16.0. The van der Waals surface area contributed by atoms with Gasteiger partial charge in [-0.1, -0.05) is 49.6 Å². The highest BCUT2D eigenvalue weighted by molar-refractivity contribution is 6.31. The second-order valence-corrected chi connectivity index (χ2v) is 16.0. The number of nitrogens with one attached hydrogen (secondary N) is 2. The monoisotopic (exact) mass is 930 g/mol. The van der Waals surface area contributed by atoms with E-state index in [1.165, 1.54) is 68.7 Å². The molecule has 0 spiro atoms. The standard InChI is InChI=1S/C47H50N2O18/c1-6-17-62-33(51)16-15-29(44(57)63-18-7-2)48-46(59)66-26-13-11-25(12-14-26)22-64-45(58)49-30-19-34(65-23(3)39(30)52)67-32-21-47(60,24(4)50)20-28-36(32)43(56)38-37(41(28)54)40(53)27-9-8-10-31(61-5)35(27)42(38)55/h6-14,23,29-30,32,34,39,52,54,56,60H,1-2,15-22H2,3-5H3,(H,48,59)(H,49,58)/t23-,29-,30-,32-,34-,39+,47-/m0/s1. The molecular weight excluding hydrogens is 881 g/mol. The summed E-state index contributed by atoms with van der Waals surface area (Å²) >= 11 is 0. The highest BCUT2D eigenvalue weighted by Gasteiger charge is 2.50. The second kappa shape index (κ2) is 21.0. The summed E-state index contributed by atoms with van der Waals surface area (Å²) in [7, 11) is 1.30. The third kappa shape index (κ3) is 10.8. The van der Waals surface area contributed by atoms with Crippen molar-refractivity contribution < 1.29 is 87.1 Å². The van der Waals surface area contributed by atoms with Gasteiger partial charge in [-0.2, -0.15) is 0 Å². The predicted molar refractivity (Wildman–Crippen MR) is 230 cm³/mol. The smallest absolute Gasteiger partial charge is 0.413 e. The fourth-order valence-corrected chi connectivity index (χ4v) is 8.02. The maximum absolute atomic E-state index is 14.0. The van der Waals surface area contributed by atoms with Gasteiger partial charge in [0.2, 0.25) is 5.78 Å². The molecule has 20 heteroatoms. The summed E-state index contributed by atoms with van der Waals surface area (Å²) in [6.45, 7) is 9.11. The van der Waals surface area contributed by atoms with Crippen molar-refractivity contribution in [2.45, 2.75) is 94.8 Å². The lowest BCUT2D eigenvalue weighted by molar-refractivity contribution is -0.249. The number of aliphatic hydroxyl groups is 2. The van der Waals surface area contributed by atoms with E-state index in [0.29, 0.717) is 5.56 Å². The number of methoxy groups -OCH3 is 1. The average Bonchev–Trinajstić information content (AvgIpc) is 3.29. The Balaban J connectivity index is 1.10. The highest BCUT2D eigenvalue weighted by Crippen LogP contribution is 2.52. The minimum Gasteiger partial charge on any atom is -0.507 e. The molecule has 20 nitrogen and oxygen atoms in total. The summed E-state index contributed by atoms with van der Waals surface area (Å²) in [6.07, 6.45) is -5.87. The first kappa shape index (κ1) is 49.3. The third-order valence-electron chi connectivity index (χ3n) is 11.5. The number of benzene rings is 3. The lowest BCUT2D eigenvalue weighted by atomic mass is 9.72. The van der Waals surface area contributed by atoms with Crippen LogP contribution in [0.25, 0.3) is 0 Å². The van der Waals surface area contributed by atoms with Crippen molar-refractivity contribution in [3.8, 4) is 23.0 Å². The van der Waals surface area contributed by atoms with Crippen LogP contribution >= 0.6 is 0 Å². The molecule has 0 bridgehead atoms. The molecule has 3 aromatic carbocycles. The van der Waals surface area contributed by atoms with Gasteiger partial charge in [0.1, 0.15) is 60.6 Å². The molecule has 6 N–H and O–H groups in total. The molecule has 2 aliphatic carbocycles. The molecule has 1 heterocycles. The van der Waals surface area contributed by atoms with Crippen LogP contribution in [-0.2, 0) is 51.1 Å². The van der Waals surface area contributed by atoms with Crippen LogP contribution in [-0.4, -0.2) is 118 Å². The Hall–Kier alpha value is -7.13. The molecule has 3 aromatic rings. The molecule has 1 aliphatic heterocycles. The van der Waals surface area contributed by atoms with Crippen LogP contribution in [0, 0.1) is 0 Å². The topological polar surface area (TPSA) is 289 Å². The van der Waals surface area contributed by atoms with Crippen LogP contribution in [0.4, 0.5) is 9.59 Å². The number of aromatic hydroxyl groups is 2. The number of hydrogen-bond acceptors (Lipinski definition) is 18. The molecule has 0 radical (unpaired) electrons. The van der Waals surface area contributed by atoms with E-state index < -0.39 is 119 Å². The van der Waals surface area contributed by atoms with Crippen molar-refractivity contribution in [3.63, 3.8) is 0 Å². The zero-order valence-electron chi connectivity index (χ0n) is 36.7. The van der Waals surface area contributed by atoms with Gasteiger partial charge >= 0.3 is 24.1 Å². The third-order valence-corrected chi connectivity index (χ3v) is 11.5. The number of amides is 2. The van der Waals surface area contributed by atoms with Crippen LogP contribution in [0.2, 0.25) is 0 Å². The number of phenols is 2.